The third-order valence-corrected chi connectivity index (χ3v) is 2.19. The van der Waals surface area contributed by atoms with E-state index in [-0.39, 0.29) is 18.0 Å². The number of hydrogen-bond acceptors (Lipinski definition) is 2. The van der Waals surface area contributed by atoms with Crippen molar-refractivity contribution in [1.29, 1.82) is 0 Å². The fraction of sp³-hybridized carbons (Fsp3) is 0.778. The van der Waals surface area contributed by atoms with Crippen LogP contribution in [0, 0.1) is 5.92 Å². The standard InChI is InChI=1S/C9H14O2/c1-7(10)5-9(11)6-8-3-2-4-8/h8H,2-6H2,1H3. The molecule has 62 valence electrons. The Bertz CT molecular complexity index is 168. The number of rotatable bonds is 4. The molecular weight excluding hydrogens is 140 g/mol. The summed E-state index contributed by atoms with van der Waals surface area (Å²) in [7, 11) is 0. The van der Waals surface area contributed by atoms with Crippen LogP contribution in [-0.2, 0) is 9.59 Å². The minimum atomic E-state index is -0.00526. The Hall–Kier alpha value is -0.660. The van der Waals surface area contributed by atoms with Crippen molar-refractivity contribution in [3.8, 4) is 0 Å². The molecule has 0 bridgehead atoms. The van der Waals surface area contributed by atoms with E-state index in [0.29, 0.717) is 12.3 Å². The molecule has 1 fully saturated rings. The Morgan fingerprint density at radius 3 is 2.36 bits per heavy atom. The van der Waals surface area contributed by atoms with Gasteiger partial charge >= 0.3 is 0 Å². The molecule has 0 spiro atoms. The first-order valence-corrected chi connectivity index (χ1v) is 4.19. The van der Waals surface area contributed by atoms with E-state index in [2.05, 4.69) is 0 Å². The van der Waals surface area contributed by atoms with Crippen LogP contribution in [-0.4, -0.2) is 11.6 Å². The molecule has 1 rings (SSSR count). The summed E-state index contributed by atoms with van der Waals surface area (Å²) in [6.45, 7) is 1.47. The molecule has 0 unspecified atom stereocenters. The zero-order chi connectivity index (χ0) is 8.27. The van der Waals surface area contributed by atoms with Crippen LogP contribution < -0.4 is 0 Å². The lowest BCUT2D eigenvalue weighted by Crippen LogP contribution is -2.17. The predicted octanol–water partition coefficient (Wildman–Crippen LogP) is 1.72. The molecule has 0 aromatic carbocycles. The number of Topliss-reactive ketones (excluding diaryl/α,β-unsaturated/α-hetero) is 2. The van der Waals surface area contributed by atoms with Crippen LogP contribution >= 0.6 is 0 Å². The van der Waals surface area contributed by atoms with Gasteiger partial charge in [0.05, 0.1) is 6.42 Å². The van der Waals surface area contributed by atoms with Crippen molar-refractivity contribution in [3.63, 3.8) is 0 Å². The van der Waals surface area contributed by atoms with Gasteiger partial charge < -0.3 is 0 Å². The topological polar surface area (TPSA) is 34.1 Å². The van der Waals surface area contributed by atoms with Crippen molar-refractivity contribution in [2.24, 2.45) is 5.92 Å². The van der Waals surface area contributed by atoms with Crippen molar-refractivity contribution >= 4 is 11.6 Å². The smallest absolute Gasteiger partial charge is 0.140 e. The predicted molar refractivity (Wildman–Crippen MR) is 42.3 cm³/mol. The Kier molecular flexibility index (Phi) is 2.80. The maximum absolute atomic E-state index is 11.0. The number of hydrogen-bond donors (Lipinski definition) is 0. The molecule has 2 heteroatoms. The Balaban J connectivity index is 2.14. The van der Waals surface area contributed by atoms with Crippen molar-refractivity contribution in [3.05, 3.63) is 0 Å². The lowest BCUT2D eigenvalue weighted by Gasteiger charge is -2.24. The normalized spacial score (nSPS) is 17.5. The third kappa shape index (κ3) is 2.83. The first-order chi connectivity index (χ1) is 5.18. The summed E-state index contributed by atoms with van der Waals surface area (Å²) >= 11 is 0. The van der Waals surface area contributed by atoms with E-state index in [1.807, 2.05) is 0 Å². The van der Waals surface area contributed by atoms with E-state index in [9.17, 15) is 9.59 Å². The largest absolute Gasteiger partial charge is 0.300 e. The molecule has 1 saturated carbocycles. The van der Waals surface area contributed by atoms with Crippen molar-refractivity contribution in [2.45, 2.75) is 39.0 Å². The lowest BCUT2D eigenvalue weighted by molar-refractivity contribution is -0.126. The molecule has 0 heterocycles. The van der Waals surface area contributed by atoms with Gasteiger partial charge in [-0.05, 0) is 12.8 Å². The van der Waals surface area contributed by atoms with Crippen LogP contribution in [0.3, 0.4) is 0 Å². The van der Waals surface area contributed by atoms with Gasteiger partial charge in [-0.1, -0.05) is 19.3 Å². The summed E-state index contributed by atoms with van der Waals surface area (Å²) in [6, 6.07) is 0. The van der Waals surface area contributed by atoms with Gasteiger partial charge in [0.1, 0.15) is 11.6 Å². The molecule has 0 aromatic heterocycles. The molecule has 2 nitrogen and oxygen atoms in total. The Morgan fingerprint density at radius 2 is 2.00 bits per heavy atom. The third-order valence-electron chi connectivity index (χ3n) is 2.19. The average Bonchev–Trinajstić information content (AvgIpc) is 1.77. The first kappa shape index (κ1) is 8.44. The Morgan fingerprint density at radius 1 is 1.36 bits per heavy atom. The van der Waals surface area contributed by atoms with Crippen molar-refractivity contribution in [2.75, 3.05) is 0 Å². The number of ketones is 2. The molecule has 1 aliphatic rings. The van der Waals surface area contributed by atoms with Crippen LogP contribution in [0.25, 0.3) is 0 Å². The highest BCUT2D eigenvalue weighted by molar-refractivity contribution is 5.97. The zero-order valence-corrected chi connectivity index (χ0v) is 6.93. The molecule has 0 N–H and O–H groups in total. The number of carbonyl (C=O) groups is 2. The minimum Gasteiger partial charge on any atom is -0.300 e. The van der Waals surface area contributed by atoms with Gasteiger partial charge in [-0.15, -0.1) is 0 Å². The van der Waals surface area contributed by atoms with E-state index in [4.69, 9.17) is 0 Å². The molecule has 0 radical (unpaired) electrons. The van der Waals surface area contributed by atoms with Gasteiger partial charge in [0.15, 0.2) is 0 Å². The van der Waals surface area contributed by atoms with E-state index >= 15 is 0 Å². The SMILES string of the molecule is CC(=O)CC(=O)CC1CCC1. The van der Waals surface area contributed by atoms with Gasteiger partial charge in [0.2, 0.25) is 0 Å². The minimum absolute atomic E-state index is 0.00526. The summed E-state index contributed by atoms with van der Waals surface area (Å²) in [5, 5.41) is 0. The van der Waals surface area contributed by atoms with Gasteiger partial charge in [-0.3, -0.25) is 9.59 Å². The molecule has 0 saturated heterocycles. The van der Waals surface area contributed by atoms with Crippen LogP contribution in [0.15, 0.2) is 0 Å². The summed E-state index contributed by atoms with van der Waals surface area (Å²) in [4.78, 5) is 21.6. The van der Waals surface area contributed by atoms with E-state index < -0.39 is 0 Å². The van der Waals surface area contributed by atoms with Crippen LogP contribution in [0.1, 0.15) is 39.0 Å². The summed E-state index contributed by atoms with van der Waals surface area (Å²) in [5.41, 5.74) is 0. The highest BCUT2D eigenvalue weighted by atomic mass is 16.1. The van der Waals surface area contributed by atoms with Crippen molar-refractivity contribution < 1.29 is 9.59 Å². The quantitative estimate of drug-likeness (QED) is 0.578. The van der Waals surface area contributed by atoms with Gasteiger partial charge in [0, 0.05) is 6.42 Å². The highest BCUT2D eigenvalue weighted by Crippen LogP contribution is 2.29. The van der Waals surface area contributed by atoms with E-state index in [1.165, 1.54) is 26.2 Å². The maximum atomic E-state index is 11.0. The molecule has 0 atom stereocenters. The van der Waals surface area contributed by atoms with Gasteiger partial charge in [-0.25, -0.2) is 0 Å². The van der Waals surface area contributed by atoms with Crippen LogP contribution in [0.2, 0.25) is 0 Å². The average molecular weight is 154 g/mol. The fourth-order valence-electron chi connectivity index (χ4n) is 1.37. The second-order valence-electron chi connectivity index (χ2n) is 3.42. The lowest BCUT2D eigenvalue weighted by atomic mass is 9.81. The fourth-order valence-corrected chi connectivity index (χ4v) is 1.37. The molecule has 11 heavy (non-hydrogen) atoms. The van der Waals surface area contributed by atoms with Gasteiger partial charge in [-0.2, -0.15) is 0 Å². The highest BCUT2D eigenvalue weighted by Gasteiger charge is 2.20. The van der Waals surface area contributed by atoms with Crippen molar-refractivity contribution in [1.82, 2.24) is 0 Å². The molecular formula is C9H14O2. The molecule has 0 amide bonds. The second-order valence-corrected chi connectivity index (χ2v) is 3.42. The maximum Gasteiger partial charge on any atom is 0.140 e. The first-order valence-electron chi connectivity index (χ1n) is 4.19. The van der Waals surface area contributed by atoms with Crippen LogP contribution in [0.4, 0.5) is 0 Å². The second kappa shape index (κ2) is 3.65. The summed E-state index contributed by atoms with van der Waals surface area (Å²) in [5.74, 6) is 0.721. The summed E-state index contributed by atoms with van der Waals surface area (Å²) < 4.78 is 0. The Labute approximate surface area is 67.0 Å². The molecule has 0 aliphatic heterocycles. The van der Waals surface area contributed by atoms with E-state index in [0.717, 1.165) is 0 Å². The zero-order valence-electron chi connectivity index (χ0n) is 6.93. The van der Waals surface area contributed by atoms with E-state index in [1.54, 1.807) is 0 Å². The monoisotopic (exact) mass is 154 g/mol. The molecule has 1 aliphatic carbocycles. The number of carbonyl (C=O) groups excluding carboxylic acids is 2. The molecule has 0 aromatic rings. The summed E-state index contributed by atoms with van der Waals surface area (Å²) in [6.07, 6.45) is 4.42. The van der Waals surface area contributed by atoms with Crippen LogP contribution in [0.5, 0.6) is 0 Å². The van der Waals surface area contributed by atoms with Gasteiger partial charge in [0.25, 0.3) is 0 Å².